The summed E-state index contributed by atoms with van der Waals surface area (Å²) in [4.78, 5) is 3.23. The van der Waals surface area contributed by atoms with Gasteiger partial charge in [0.1, 0.15) is 0 Å². The van der Waals surface area contributed by atoms with Gasteiger partial charge in [0.2, 0.25) is 14.2 Å². The van der Waals surface area contributed by atoms with Gasteiger partial charge in [0.15, 0.2) is 4.77 Å². The normalized spacial score (nSPS) is 11.8. The van der Waals surface area contributed by atoms with Crippen molar-refractivity contribution in [3.8, 4) is 5.88 Å². The molecule has 0 radical (unpaired) electrons. The Morgan fingerprint density at radius 3 is 2.56 bits per heavy atom. The lowest BCUT2D eigenvalue weighted by Crippen LogP contribution is -2.30. The molecule has 3 nitrogen and oxygen atoms in total. The standard InChI is InChI=1S/C10H20N2OS2Si/c1-12-9(13-16(3,4)5)8(6-7-15-2)11-10(12)14/h6-7H2,1-5H3,(H,11,14). The molecule has 0 saturated carbocycles. The first-order chi connectivity index (χ1) is 7.35. The van der Waals surface area contributed by atoms with Crippen LogP contribution in [0.3, 0.4) is 0 Å². The number of aromatic nitrogens is 2. The molecule has 0 fully saturated rings. The molecular formula is C10H20N2OS2Si. The number of nitrogens with zero attached hydrogens (tertiary/aromatic N) is 1. The van der Waals surface area contributed by atoms with Crippen LogP contribution in [0.5, 0.6) is 5.88 Å². The van der Waals surface area contributed by atoms with E-state index in [1.54, 1.807) is 0 Å². The summed E-state index contributed by atoms with van der Waals surface area (Å²) in [6.07, 6.45) is 3.09. The number of imidazole rings is 1. The van der Waals surface area contributed by atoms with Crippen molar-refractivity contribution >= 4 is 32.3 Å². The Kier molecular flexibility index (Phi) is 4.69. The topological polar surface area (TPSA) is 29.9 Å². The predicted molar refractivity (Wildman–Crippen MR) is 76.7 cm³/mol. The maximum Gasteiger partial charge on any atom is 0.244 e. The zero-order valence-corrected chi connectivity index (χ0v) is 13.2. The van der Waals surface area contributed by atoms with Crippen LogP contribution in [-0.2, 0) is 13.5 Å². The molecule has 92 valence electrons. The minimum atomic E-state index is -1.58. The monoisotopic (exact) mass is 276 g/mol. The highest BCUT2D eigenvalue weighted by Gasteiger charge is 2.21. The zero-order chi connectivity index (χ0) is 12.3. The van der Waals surface area contributed by atoms with Crippen molar-refractivity contribution < 1.29 is 4.43 Å². The summed E-state index contributed by atoms with van der Waals surface area (Å²) in [6, 6.07) is 0. The molecule has 0 aliphatic carbocycles. The first kappa shape index (κ1) is 13.9. The van der Waals surface area contributed by atoms with Gasteiger partial charge < -0.3 is 9.41 Å². The lowest BCUT2D eigenvalue weighted by atomic mass is 10.3. The highest BCUT2D eigenvalue weighted by Crippen LogP contribution is 2.22. The molecular weight excluding hydrogens is 256 g/mol. The van der Waals surface area contributed by atoms with Crippen LogP contribution in [0.4, 0.5) is 0 Å². The molecule has 1 rings (SSSR count). The average Bonchev–Trinajstić information content (AvgIpc) is 2.41. The predicted octanol–water partition coefficient (Wildman–Crippen LogP) is 3.20. The number of aryl methyl sites for hydroxylation is 1. The fraction of sp³-hybridized carbons (Fsp3) is 0.700. The Hall–Kier alpha value is -0.203. The van der Waals surface area contributed by atoms with E-state index in [-0.39, 0.29) is 0 Å². The summed E-state index contributed by atoms with van der Waals surface area (Å²) >= 11 is 7.07. The lowest BCUT2D eigenvalue weighted by molar-refractivity contribution is 0.500. The Morgan fingerprint density at radius 2 is 2.06 bits per heavy atom. The second kappa shape index (κ2) is 5.42. The van der Waals surface area contributed by atoms with Crippen molar-refractivity contribution in [2.75, 3.05) is 12.0 Å². The third kappa shape index (κ3) is 3.67. The van der Waals surface area contributed by atoms with Gasteiger partial charge in [0, 0.05) is 13.5 Å². The van der Waals surface area contributed by atoms with Crippen molar-refractivity contribution in [1.29, 1.82) is 0 Å². The maximum atomic E-state index is 6.08. The van der Waals surface area contributed by atoms with Gasteiger partial charge in [-0.25, -0.2) is 0 Å². The van der Waals surface area contributed by atoms with E-state index in [4.69, 9.17) is 16.6 Å². The number of rotatable bonds is 5. The van der Waals surface area contributed by atoms with Gasteiger partial charge in [-0.05, 0) is 43.9 Å². The summed E-state index contributed by atoms with van der Waals surface area (Å²) in [5.74, 6) is 2.01. The van der Waals surface area contributed by atoms with Crippen molar-refractivity contribution in [2.24, 2.45) is 7.05 Å². The van der Waals surface area contributed by atoms with Crippen LogP contribution in [-0.4, -0.2) is 29.9 Å². The molecule has 16 heavy (non-hydrogen) atoms. The quantitative estimate of drug-likeness (QED) is 0.661. The van der Waals surface area contributed by atoms with Crippen molar-refractivity contribution in [1.82, 2.24) is 9.55 Å². The summed E-state index contributed by atoms with van der Waals surface area (Å²) in [5, 5.41) is 0. The number of nitrogens with one attached hydrogen (secondary N) is 1. The number of thioether (sulfide) groups is 1. The van der Waals surface area contributed by atoms with Crippen molar-refractivity contribution in [3.63, 3.8) is 0 Å². The third-order valence-corrected chi connectivity index (χ3v) is 3.88. The van der Waals surface area contributed by atoms with Crippen LogP contribution in [0.25, 0.3) is 0 Å². The Bertz CT molecular complexity index is 406. The summed E-state index contributed by atoms with van der Waals surface area (Å²) in [5.41, 5.74) is 1.13. The van der Waals surface area contributed by atoms with Crippen LogP contribution in [0.2, 0.25) is 19.6 Å². The van der Waals surface area contributed by atoms with Gasteiger partial charge in [0.25, 0.3) is 0 Å². The molecule has 0 bridgehead atoms. The van der Waals surface area contributed by atoms with E-state index in [0.717, 1.165) is 28.5 Å². The molecule has 0 amide bonds. The van der Waals surface area contributed by atoms with Crippen LogP contribution in [0, 0.1) is 4.77 Å². The second-order valence-electron chi connectivity index (χ2n) is 4.73. The molecule has 0 saturated heterocycles. The average molecular weight is 277 g/mol. The lowest BCUT2D eigenvalue weighted by Gasteiger charge is -2.20. The fourth-order valence-corrected chi connectivity index (χ4v) is 2.81. The number of H-pyrrole nitrogens is 1. The van der Waals surface area contributed by atoms with Gasteiger partial charge in [-0.3, -0.25) is 4.57 Å². The molecule has 0 aliphatic heterocycles. The Labute approximate surface area is 108 Å². The Balaban J connectivity index is 2.99. The van der Waals surface area contributed by atoms with E-state index < -0.39 is 8.32 Å². The van der Waals surface area contributed by atoms with Crippen LogP contribution >= 0.6 is 24.0 Å². The van der Waals surface area contributed by atoms with E-state index >= 15 is 0 Å². The van der Waals surface area contributed by atoms with Gasteiger partial charge >= 0.3 is 0 Å². The minimum Gasteiger partial charge on any atom is -0.531 e. The van der Waals surface area contributed by atoms with E-state index in [2.05, 4.69) is 30.9 Å². The summed E-state index contributed by atoms with van der Waals surface area (Å²) in [6.45, 7) is 6.55. The molecule has 1 heterocycles. The molecule has 0 unspecified atom stereocenters. The molecule has 1 aromatic rings. The fourth-order valence-electron chi connectivity index (χ4n) is 1.35. The van der Waals surface area contributed by atoms with Gasteiger partial charge in [-0.2, -0.15) is 11.8 Å². The van der Waals surface area contributed by atoms with Gasteiger partial charge in [-0.1, -0.05) is 0 Å². The first-order valence-corrected chi connectivity index (χ1v) is 10.5. The van der Waals surface area contributed by atoms with Crippen LogP contribution < -0.4 is 4.43 Å². The Morgan fingerprint density at radius 1 is 1.44 bits per heavy atom. The zero-order valence-electron chi connectivity index (χ0n) is 10.6. The SMILES string of the molecule is CSCCc1[nH]c(=S)n(C)c1O[Si](C)(C)C. The summed E-state index contributed by atoms with van der Waals surface area (Å²) in [7, 11) is 0.375. The van der Waals surface area contributed by atoms with E-state index in [0.29, 0.717) is 0 Å². The molecule has 0 spiro atoms. The highest BCUT2D eigenvalue weighted by atomic mass is 32.2. The van der Waals surface area contributed by atoms with Crippen molar-refractivity contribution in [3.05, 3.63) is 10.5 Å². The van der Waals surface area contributed by atoms with Crippen LogP contribution in [0.1, 0.15) is 5.69 Å². The number of aromatic amines is 1. The van der Waals surface area contributed by atoms with E-state index in [1.807, 2.05) is 23.4 Å². The molecule has 1 N–H and O–H groups in total. The van der Waals surface area contributed by atoms with E-state index in [1.165, 1.54) is 0 Å². The summed E-state index contributed by atoms with van der Waals surface area (Å²) < 4.78 is 8.75. The number of hydrogen-bond acceptors (Lipinski definition) is 3. The van der Waals surface area contributed by atoms with Gasteiger partial charge in [-0.15, -0.1) is 0 Å². The minimum absolute atomic E-state index is 0.740. The smallest absolute Gasteiger partial charge is 0.244 e. The molecule has 0 atom stereocenters. The van der Waals surface area contributed by atoms with Crippen LogP contribution in [0.15, 0.2) is 0 Å². The number of hydrogen-bond donors (Lipinski definition) is 1. The molecule has 0 aliphatic rings. The highest BCUT2D eigenvalue weighted by molar-refractivity contribution is 7.98. The van der Waals surface area contributed by atoms with E-state index in [9.17, 15) is 0 Å². The first-order valence-electron chi connectivity index (χ1n) is 5.31. The maximum absolute atomic E-state index is 6.08. The largest absolute Gasteiger partial charge is 0.531 e. The molecule has 1 aromatic heterocycles. The second-order valence-corrected chi connectivity index (χ2v) is 10.5. The third-order valence-electron chi connectivity index (χ3n) is 2.08. The molecule has 6 heteroatoms. The molecule has 0 aromatic carbocycles. The van der Waals surface area contributed by atoms with Gasteiger partial charge in [0.05, 0.1) is 5.69 Å². The van der Waals surface area contributed by atoms with Crippen molar-refractivity contribution in [2.45, 2.75) is 26.1 Å².